The molecule has 1 N–H and O–H groups in total. The summed E-state index contributed by atoms with van der Waals surface area (Å²) < 4.78 is 44.1. The van der Waals surface area contributed by atoms with Crippen molar-refractivity contribution in [2.75, 3.05) is 12.4 Å². The molecule has 0 aliphatic carbocycles. The lowest BCUT2D eigenvalue weighted by molar-refractivity contribution is -0.145. The fourth-order valence-corrected chi connectivity index (χ4v) is 1.62. The van der Waals surface area contributed by atoms with E-state index in [0.29, 0.717) is 5.75 Å². The normalized spacial score (nSPS) is 11.2. The van der Waals surface area contributed by atoms with Crippen LogP contribution in [-0.4, -0.2) is 17.0 Å². The Balaban J connectivity index is 2.33. The van der Waals surface area contributed by atoms with E-state index in [1.807, 2.05) is 0 Å². The Kier molecular flexibility index (Phi) is 4.12. The van der Waals surface area contributed by atoms with E-state index in [1.165, 1.54) is 13.1 Å². The lowest BCUT2D eigenvalue weighted by atomic mass is 10.3. The highest BCUT2D eigenvalue weighted by atomic mass is 79.9. The predicted molar refractivity (Wildman–Crippen MR) is 70.8 cm³/mol. The molecule has 106 valence electrons. The van der Waals surface area contributed by atoms with Crippen molar-refractivity contribution >= 4 is 21.7 Å². The molecule has 0 bridgehead atoms. The third-order valence-corrected chi connectivity index (χ3v) is 2.78. The number of ether oxygens (including phenoxy) is 1. The zero-order valence-electron chi connectivity index (χ0n) is 10.2. The highest BCUT2D eigenvalue weighted by molar-refractivity contribution is 9.10. The maximum Gasteiger partial charge on any atom is 0.451 e. The Hall–Kier alpha value is -1.83. The molecule has 1 aromatic heterocycles. The van der Waals surface area contributed by atoms with Crippen molar-refractivity contribution in [3.05, 3.63) is 40.6 Å². The van der Waals surface area contributed by atoms with Crippen LogP contribution in [0.2, 0.25) is 0 Å². The van der Waals surface area contributed by atoms with Gasteiger partial charge in [0.1, 0.15) is 11.6 Å². The summed E-state index contributed by atoms with van der Waals surface area (Å²) in [6, 6.07) is 7.93. The van der Waals surface area contributed by atoms with Gasteiger partial charge >= 0.3 is 6.18 Å². The molecule has 0 aliphatic rings. The summed E-state index contributed by atoms with van der Waals surface area (Å²) >= 11 is 3.25. The van der Waals surface area contributed by atoms with E-state index < -0.39 is 12.0 Å². The molecular weight excluding hydrogens is 339 g/mol. The van der Waals surface area contributed by atoms with E-state index >= 15 is 0 Å². The number of hydrogen-bond acceptors (Lipinski definition) is 4. The van der Waals surface area contributed by atoms with Crippen molar-refractivity contribution in [3.63, 3.8) is 0 Å². The summed E-state index contributed by atoms with van der Waals surface area (Å²) in [7, 11) is 1.46. The molecule has 2 aromatic rings. The fraction of sp³-hybridized carbons (Fsp3) is 0.167. The SMILES string of the molecule is CNc1cc(Oc2ccc(Br)cc2)nc(C(F)(F)F)n1. The van der Waals surface area contributed by atoms with Gasteiger partial charge in [-0.2, -0.15) is 18.2 Å². The largest absolute Gasteiger partial charge is 0.451 e. The van der Waals surface area contributed by atoms with Gasteiger partial charge in [0.25, 0.3) is 0 Å². The van der Waals surface area contributed by atoms with Gasteiger partial charge in [-0.05, 0) is 24.3 Å². The molecule has 0 unspecified atom stereocenters. The highest BCUT2D eigenvalue weighted by Gasteiger charge is 2.35. The Morgan fingerprint density at radius 1 is 1.15 bits per heavy atom. The molecule has 4 nitrogen and oxygen atoms in total. The topological polar surface area (TPSA) is 47.0 Å². The number of anilines is 1. The summed E-state index contributed by atoms with van der Waals surface area (Å²) in [6.07, 6.45) is -4.63. The molecule has 0 atom stereocenters. The summed E-state index contributed by atoms with van der Waals surface area (Å²) in [4.78, 5) is 6.70. The zero-order valence-corrected chi connectivity index (χ0v) is 11.8. The van der Waals surface area contributed by atoms with Crippen molar-refractivity contribution < 1.29 is 17.9 Å². The van der Waals surface area contributed by atoms with Crippen LogP contribution >= 0.6 is 15.9 Å². The monoisotopic (exact) mass is 347 g/mol. The van der Waals surface area contributed by atoms with Crippen LogP contribution in [0.1, 0.15) is 5.82 Å². The Morgan fingerprint density at radius 2 is 1.80 bits per heavy atom. The van der Waals surface area contributed by atoms with E-state index in [1.54, 1.807) is 24.3 Å². The van der Waals surface area contributed by atoms with Crippen molar-refractivity contribution in [2.45, 2.75) is 6.18 Å². The first-order chi connectivity index (χ1) is 9.38. The molecule has 1 heterocycles. The molecule has 0 fully saturated rings. The minimum Gasteiger partial charge on any atom is -0.439 e. The lowest BCUT2D eigenvalue weighted by Crippen LogP contribution is -2.12. The Bertz CT molecular complexity index is 602. The Morgan fingerprint density at radius 3 is 2.35 bits per heavy atom. The first-order valence-corrected chi connectivity index (χ1v) is 6.25. The van der Waals surface area contributed by atoms with Crippen LogP contribution in [0.15, 0.2) is 34.8 Å². The number of rotatable bonds is 3. The van der Waals surface area contributed by atoms with Crippen molar-refractivity contribution in [3.8, 4) is 11.6 Å². The van der Waals surface area contributed by atoms with Gasteiger partial charge in [-0.15, -0.1) is 0 Å². The van der Waals surface area contributed by atoms with Gasteiger partial charge in [0.05, 0.1) is 0 Å². The van der Waals surface area contributed by atoms with Crippen LogP contribution in [0.3, 0.4) is 0 Å². The van der Waals surface area contributed by atoms with E-state index in [9.17, 15) is 13.2 Å². The maximum absolute atomic E-state index is 12.7. The first-order valence-electron chi connectivity index (χ1n) is 5.46. The molecule has 0 spiro atoms. The second-order valence-corrected chi connectivity index (χ2v) is 4.63. The maximum atomic E-state index is 12.7. The summed E-state index contributed by atoms with van der Waals surface area (Å²) in [5.41, 5.74) is 0. The van der Waals surface area contributed by atoms with Gasteiger partial charge in [-0.1, -0.05) is 15.9 Å². The second kappa shape index (κ2) is 5.66. The van der Waals surface area contributed by atoms with Crippen LogP contribution in [0.5, 0.6) is 11.6 Å². The van der Waals surface area contributed by atoms with Crippen LogP contribution in [0.25, 0.3) is 0 Å². The average Bonchev–Trinajstić information content (AvgIpc) is 2.40. The number of benzene rings is 1. The highest BCUT2D eigenvalue weighted by Crippen LogP contribution is 2.30. The van der Waals surface area contributed by atoms with Crippen molar-refractivity contribution in [2.24, 2.45) is 0 Å². The third kappa shape index (κ3) is 3.60. The summed E-state index contributed by atoms with van der Waals surface area (Å²) in [5.74, 6) is -1.03. The van der Waals surface area contributed by atoms with E-state index in [0.717, 1.165) is 4.47 Å². The van der Waals surface area contributed by atoms with Gasteiger partial charge in [0.2, 0.25) is 11.7 Å². The molecule has 1 aromatic carbocycles. The zero-order chi connectivity index (χ0) is 14.8. The van der Waals surface area contributed by atoms with Crippen molar-refractivity contribution in [1.29, 1.82) is 0 Å². The number of alkyl halides is 3. The number of nitrogens with zero attached hydrogens (tertiary/aromatic N) is 2. The molecule has 0 radical (unpaired) electrons. The quantitative estimate of drug-likeness (QED) is 0.908. The Labute approximate surface area is 121 Å². The lowest BCUT2D eigenvalue weighted by Gasteiger charge is -2.10. The fourth-order valence-electron chi connectivity index (χ4n) is 1.36. The second-order valence-electron chi connectivity index (χ2n) is 3.72. The minimum absolute atomic E-state index is 0.0273. The number of aromatic nitrogens is 2. The van der Waals surface area contributed by atoms with Crippen LogP contribution in [0.4, 0.5) is 19.0 Å². The molecule has 8 heteroatoms. The third-order valence-electron chi connectivity index (χ3n) is 2.25. The number of halogens is 4. The van der Waals surface area contributed by atoms with Gasteiger partial charge < -0.3 is 10.1 Å². The average molecular weight is 348 g/mol. The molecule has 0 amide bonds. The van der Waals surface area contributed by atoms with E-state index in [2.05, 4.69) is 31.2 Å². The summed E-state index contributed by atoms with van der Waals surface area (Å²) in [5, 5.41) is 2.54. The molecule has 0 aliphatic heterocycles. The summed E-state index contributed by atoms with van der Waals surface area (Å²) in [6.45, 7) is 0. The van der Waals surface area contributed by atoms with Gasteiger partial charge in [0, 0.05) is 17.6 Å². The predicted octanol–water partition coefficient (Wildman–Crippen LogP) is 4.09. The van der Waals surface area contributed by atoms with Gasteiger partial charge in [-0.3, -0.25) is 0 Å². The van der Waals surface area contributed by atoms with Gasteiger partial charge in [0.15, 0.2) is 0 Å². The molecule has 0 saturated heterocycles. The molecule has 20 heavy (non-hydrogen) atoms. The van der Waals surface area contributed by atoms with Crippen LogP contribution in [0, 0.1) is 0 Å². The van der Waals surface area contributed by atoms with E-state index in [-0.39, 0.29) is 11.7 Å². The molecule has 2 rings (SSSR count). The molecule has 0 saturated carbocycles. The van der Waals surface area contributed by atoms with Gasteiger partial charge in [-0.25, -0.2) is 4.98 Å². The number of hydrogen-bond donors (Lipinski definition) is 1. The minimum atomic E-state index is -4.63. The number of nitrogens with one attached hydrogen (secondary N) is 1. The standard InChI is InChI=1S/C12H9BrF3N3O/c1-17-9-6-10(19-11(18-9)12(14,15)16)20-8-4-2-7(13)3-5-8/h2-6H,1H3,(H,17,18,19). The molecular formula is C12H9BrF3N3O. The first kappa shape index (κ1) is 14.6. The van der Waals surface area contributed by atoms with Crippen molar-refractivity contribution in [1.82, 2.24) is 9.97 Å². The van der Waals surface area contributed by atoms with Crippen LogP contribution in [-0.2, 0) is 6.18 Å². The van der Waals surface area contributed by atoms with E-state index in [4.69, 9.17) is 4.74 Å². The van der Waals surface area contributed by atoms with Crippen LogP contribution < -0.4 is 10.1 Å². The smallest absolute Gasteiger partial charge is 0.439 e.